The first-order valence-corrected chi connectivity index (χ1v) is 9.86. The molecular weight excluding hydrogens is 517 g/mol. The molecule has 1 heterocycles. The molecule has 0 radical (unpaired) electrons. The fraction of sp³-hybridized carbons (Fsp3) is 0.409. The Balaban J connectivity index is 0.00000341. The second-order valence-electron chi connectivity index (χ2n) is 7.25. The first kappa shape index (κ1) is 25.1. The molecule has 1 aliphatic heterocycles. The maximum Gasteiger partial charge on any atom is 0.191 e. The normalized spacial score (nSPS) is 16.5. The summed E-state index contributed by atoms with van der Waals surface area (Å²) in [6.07, 6.45) is 0.954. The summed E-state index contributed by atoms with van der Waals surface area (Å²) in [6, 6.07) is 9.52. The van der Waals surface area contributed by atoms with Crippen LogP contribution in [0.4, 0.5) is 8.78 Å². The van der Waals surface area contributed by atoms with E-state index >= 15 is 0 Å². The highest BCUT2D eigenvalue weighted by Gasteiger charge is 2.23. The lowest BCUT2D eigenvalue weighted by atomic mass is 10.2. The molecule has 1 fully saturated rings. The van der Waals surface area contributed by atoms with Gasteiger partial charge in [0.1, 0.15) is 23.1 Å². The highest BCUT2D eigenvalue weighted by molar-refractivity contribution is 14.0. The first-order chi connectivity index (χ1) is 14.5. The molecule has 0 saturated carbocycles. The van der Waals surface area contributed by atoms with Gasteiger partial charge in [-0.15, -0.1) is 24.0 Å². The van der Waals surface area contributed by atoms with Crippen LogP contribution in [0.15, 0.2) is 41.4 Å². The number of methoxy groups -OCH3 is 2. The van der Waals surface area contributed by atoms with E-state index in [9.17, 15) is 8.78 Å². The summed E-state index contributed by atoms with van der Waals surface area (Å²) < 4.78 is 37.8. The molecule has 1 atom stereocenters. The Morgan fingerprint density at radius 1 is 1.13 bits per heavy atom. The molecule has 31 heavy (non-hydrogen) atoms. The number of guanidine groups is 1. The number of likely N-dealkylation sites (tertiary alicyclic amines) is 1. The molecule has 1 aliphatic rings. The number of hydrogen-bond donors (Lipinski definition) is 2. The van der Waals surface area contributed by atoms with Crippen LogP contribution in [0.2, 0.25) is 0 Å². The molecule has 2 aromatic rings. The van der Waals surface area contributed by atoms with Crippen molar-refractivity contribution in [3.63, 3.8) is 0 Å². The van der Waals surface area contributed by atoms with Gasteiger partial charge in [0.15, 0.2) is 5.96 Å². The monoisotopic (exact) mass is 546 g/mol. The zero-order chi connectivity index (χ0) is 21.5. The van der Waals surface area contributed by atoms with Crippen molar-refractivity contribution in [3.05, 3.63) is 59.2 Å². The lowest BCUT2D eigenvalue weighted by Crippen LogP contribution is -2.44. The first-order valence-electron chi connectivity index (χ1n) is 9.86. The third kappa shape index (κ3) is 7.20. The highest BCUT2D eigenvalue weighted by Crippen LogP contribution is 2.24. The molecule has 9 heteroatoms. The molecule has 0 aromatic heterocycles. The Morgan fingerprint density at radius 3 is 2.48 bits per heavy atom. The SMILES string of the molecule is CN=C(NCc1cc(F)ccc1F)NC1CCN(Cc2cc(OC)cc(OC)c2)C1.I. The molecule has 2 aromatic carbocycles. The average Bonchev–Trinajstić information content (AvgIpc) is 3.19. The quantitative estimate of drug-likeness (QED) is 0.316. The standard InChI is InChI=1S/C22H28F2N4O2.HI/c1-25-22(26-12-16-10-17(23)4-5-21(16)24)27-18-6-7-28(14-18)13-15-8-19(29-2)11-20(9-15)30-3;/h4-5,8-11,18H,6-7,12-14H2,1-3H3,(H2,25,26,27);1H. The zero-order valence-corrected chi connectivity index (χ0v) is 20.3. The topological polar surface area (TPSA) is 58.1 Å². The van der Waals surface area contributed by atoms with Crippen molar-refractivity contribution in [3.8, 4) is 11.5 Å². The molecule has 0 aliphatic carbocycles. The largest absolute Gasteiger partial charge is 0.497 e. The summed E-state index contributed by atoms with van der Waals surface area (Å²) in [6.45, 7) is 2.72. The van der Waals surface area contributed by atoms with E-state index in [1.807, 2.05) is 18.2 Å². The molecule has 6 nitrogen and oxygen atoms in total. The van der Waals surface area contributed by atoms with Crippen LogP contribution < -0.4 is 20.1 Å². The number of rotatable bonds is 7. The summed E-state index contributed by atoms with van der Waals surface area (Å²) in [5.41, 5.74) is 1.38. The van der Waals surface area contributed by atoms with Gasteiger partial charge in [0.25, 0.3) is 0 Å². The fourth-order valence-corrected chi connectivity index (χ4v) is 3.56. The number of ether oxygens (including phenoxy) is 2. The lowest BCUT2D eigenvalue weighted by Gasteiger charge is -2.19. The number of benzene rings is 2. The van der Waals surface area contributed by atoms with Gasteiger partial charge in [-0.3, -0.25) is 9.89 Å². The second kappa shape index (κ2) is 12.0. The third-order valence-corrected chi connectivity index (χ3v) is 5.11. The van der Waals surface area contributed by atoms with Gasteiger partial charge in [-0.05, 0) is 42.3 Å². The minimum Gasteiger partial charge on any atom is -0.497 e. The van der Waals surface area contributed by atoms with E-state index in [0.717, 1.165) is 55.3 Å². The number of halogens is 3. The summed E-state index contributed by atoms with van der Waals surface area (Å²) in [4.78, 5) is 6.54. The van der Waals surface area contributed by atoms with Crippen LogP contribution in [0.1, 0.15) is 17.5 Å². The van der Waals surface area contributed by atoms with Crippen LogP contribution in [0, 0.1) is 11.6 Å². The Bertz CT molecular complexity index is 876. The average molecular weight is 546 g/mol. The van der Waals surface area contributed by atoms with Gasteiger partial charge in [0.05, 0.1) is 14.2 Å². The molecule has 1 saturated heterocycles. The number of aliphatic imine (C=N–C) groups is 1. The van der Waals surface area contributed by atoms with Gasteiger partial charge in [0.2, 0.25) is 0 Å². The van der Waals surface area contributed by atoms with Crippen LogP contribution in [0.25, 0.3) is 0 Å². The molecule has 3 rings (SSSR count). The van der Waals surface area contributed by atoms with Crippen molar-refractivity contribution in [2.45, 2.75) is 25.6 Å². The molecular formula is C22H29F2IN4O2. The second-order valence-corrected chi connectivity index (χ2v) is 7.25. The Labute approximate surface area is 199 Å². The van der Waals surface area contributed by atoms with Gasteiger partial charge in [-0.2, -0.15) is 0 Å². The number of nitrogens with one attached hydrogen (secondary N) is 2. The number of hydrogen-bond acceptors (Lipinski definition) is 4. The van der Waals surface area contributed by atoms with Crippen LogP contribution in [0.3, 0.4) is 0 Å². The summed E-state index contributed by atoms with van der Waals surface area (Å²) >= 11 is 0. The van der Waals surface area contributed by atoms with E-state index in [0.29, 0.717) is 5.96 Å². The van der Waals surface area contributed by atoms with Crippen molar-refractivity contribution in [2.75, 3.05) is 34.4 Å². The van der Waals surface area contributed by atoms with E-state index in [1.54, 1.807) is 21.3 Å². The van der Waals surface area contributed by atoms with Gasteiger partial charge < -0.3 is 20.1 Å². The van der Waals surface area contributed by atoms with Crippen molar-refractivity contribution < 1.29 is 18.3 Å². The minimum atomic E-state index is -0.461. The number of nitrogens with zero attached hydrogens (tertiary/aromatic N) is 2. The summed E-state index contributed by atoms with van der Waals surface area (Å²) in [5.74, 6) is 1.20. The molecule has 1 unspecified atom stereocenters. The lowest BCUT2D eigenvalue weighted by molar-refractivity contribution is 0.321. The van der Waals surface area contributed by atoms with E-state index in [2.05, 4.69) is 20.5 Å². The van der Waals surface area contributed by atoms with Gasteiger partial charge in [-0.1, -0.05) is 0 Å². The molecule has 0 bridgehead atoms. The van der Waals surface area contributed by atoms with Crippen LogP contribution >= 0.6 is 24.0 Å². The van der Waals surface area contributed by atoms with Crippen LogP contribution in [-0.4, -0.2) is 51.3 Å². The fourth-order valence-electron chi connectivity index (χ4n) is 3.56. The predicted octanol–water partition coefficient (Wildman–Crippen LogP) is 3.54. The molecule has 170 valence electrons. The van der Waals surface area contributed by atoms with Crippen molar-refractivity contribution in [2.24, 2.45) is 4.99 Å². The third-order valence-electron chi connectivity index (χ3n) is 5.11. The van der Waals surface area contributed by atoms with E-state index < -0.39 is 11.6 Å². The van der Waals surface area contributed by atoms with Crippen molar-refractivity contribution in [1.29, 1.82) is 0 Å². The maximum absolute atomic E-state index is 13.8. The van der Waals surface area contributed by atoms with Crippen molar-refractivity contribution >= 4 is 29.9 Å². The predicted molar refractivity (Wildman–Crippen MR) is 128 cm³/mol. The zero-order valence-electron chi connectivity index (χ0n) is 18.0. The van der Waals surface area contributed by atoms with Gasteiger partial charge in [0, 0.05) is 50.9 Å². The maximum atomic E-state index is 13.8. The van der Waals surface area contributed by atoms with Gasteiger partial charge in [-0.25, -0.2) is 8.78 Å². The van der Waals surface area contributed by atoms with E-state index in [4.69, 9.17) is 9.47 Å². The molecule has 0 spiro atoms. The van der Waals surface area contributed by atoms with Crippen LogP contribution in [-0.2, 0) is 13.1 Å². The smallest absolute Gasteiger partial charge is 0.191 e. The Kier molecular flexibility index (Phi) is 9.76. The van der Waals surface area contributed by atoms with E-state index in [-0.39, 0.29) is 42.1 Å². The van der Waals surface area contributed by atoms with E-state index in [1.165, 1.54) is 6.07 Å². The molecule has 0 amide bonds. The molecule has 2 N–H and O–H groups in total. The Morgan fingerprint density at radius 2 is 1.84 bits per heavy atom. The minimum absolute atomic E-state index is 0. The Hall–Kier alpha value is -2.14. The summed E-state index contributed by atoms with van der Waals surface area (Å²) in [7, 11) is 4.94. The van der Waals surface area contributed by atoms with Crippen molar-refractivity contribution in [1.82, 2.24) is 15.5 Å². The van der Waals surface area contributed by atoms with Crippen LogP contribution in [0.5, 0.6) is 11.5 Å². The summed E-state index contributed by atoms with van der Waals surface area (Å²) in [5, 5.41) is 6.42. The van der Waals surface area contributed by atoms with Gasteiger partial charge >= 0.3 is 0 Å². The highest BCUT2D eigenvalue weighted by atomic mass is 127.